The van der Waals surface area contributed by atoms with Crippen LogP contribution in [0, 0.1) is 6.85 Å². The van der Waals surface area contributed by atoms with Crippen LogP contribution in [0.2, 0.25) is 0 Å². The van der Waals surface area contributed by atoms with Crippen molar-refractivity contribution >= 4 is 54.5 Å². The Balaban J connectivity index is 1.53. The van der Waals surface area contributed by atoms with Gasteiger partial charge in [-0.05, 0) is 87.3 Å². The van der Waals surface area contributed by atoms with Gasteiger partial charge < -0.3 is 4.42 Å². The molecular formula is C40H34N2O. The second-order valence-corrected chi connectivity index (χ2v) is 12.2. The summed E-state index contributed by atoms with van der Waals surface area (Å²) in [6.07, 6.45) is 0. The number of hydrogen-bond donors (Lipinski definition) is 0. The Kier molecular flexibility index (Phi) is 5.05. The lowest BCUT2D eigenvalue weighted by Gasteiger charge is -2.22. The normalized spacial score (nSPS) is 13.6. The molecule has 0 radical (unpaired) electrons. The number of hydrogen-bond acceptors (Lipinski definition) is 2. The van der Waals surface area contributed by atoms with Crippen molar-refractivity contribution in [2.24, 2.45) is 0 Å². The van der Waals surface area contributed by atoms with Crippen molar-refractivity contribution in [3.63, 3.8) is 0 Å². The molecule has 0 saturated heterocycles. The van der Waals surface area contributed by atoms with Gasteiger partial charge >= 0.3 is 0 Å². The molecule has 43 heavy (non-hydrogen) atoms. The maximum absolute atomic E-state index is 8.52. The van der Waals surface area contributed by atoms with Crippen LogP contribution in [0.25, 0.3) is 71.6 Å². The molecule has 6 aromatic carbocycles. The Hall–Kier alpha value is -4.89. The highest BCUT2D eigenvalue weighted by atomic mass is 16.3. The van der Waals surface area contributed by atoms with Crippen molar-refractivity contribution in [1.29, 1.82) is 0 Å². The fourth-order valence-electron chi connectivity index (χ4n) is 6.76. The van der Waals surface area contributed by atoms with E-state index in [-0.39, 0.29) is 17.4 Å². The lowest BCUT2D eigenvalue weighted by Crippen LogP contribution is -2.08. The second-order valence-electron chi connectivity index (χ2n) is 12.2. The van der Waals surface area contributed by atoms with Gasteiger partial charge in [-0.15, -0.1) is 0 Å². The fraction of sp³-hybridized carbons (Fsp3) is 0.175. The molecule has 0 bridgehead atoms. The Morgan fingerprint density at radius 1 is 0.698 bits per heavy atom. The highest BCUT2D eigenvalue weighted by molar-refractivity contribution is 6.18. The van der Waals surface area contributed by atoms with E-state index >= 15 is 0 Å². The van der Waals surface area contributed by atoms with Gasteiger partial charge in [-0.3, -0.25) is 4.57 Å². The number of imidazole rings is 1. The summed E-state index contributed by atoms with van der Waals surface area (Å²) in [6, 6.07) is 35.0. The quantitative estimate of drug-likeness (QED) is 0.200. The summed E-state index contributed by atoms with van der Waals surface area (Å²) < 4.78 is 34.6. The number of aryl methyl sites for hydroxylation is 1. The molecule has 0 aliphatic carbocycles. The number of nitrogens with zero attached hydrogens (tertiary/aromatic N) is 2. The Bertz CT molecular complexity index is 2450. The number of benzene rings is 6. The van der Waals surface area contributed by atoms with Crippen molar-refractivity contribution in [2.45, 2.75) is 46.4 Å². The first-order valence-electron chi connectivity index (χ1n) is 16.5. The molecule has 0 unspecified atom stereocenters. The van der Waals surface area contributed by atoms with Crippen LogP contribution in [-0.2, 0) is 0 Å². The van der Waals surface area contributed by atoms with Crippen LogP contribution < -0.4 is 0 Å². The molecule has 0 amide bonds. The smallest absolute Gasteiger partial charge is 0.149 e. The zero-order chi connectivity index (χ0) is 31.9. The first kappa shape index (κ1) is 22.7. The highest BCUT2D eigenvalue weighted by Crippen LogP contribution is 2.43. The lowest BCUT2D eigenvalue weighted by atomic mass is 9.92. The molecule has 2 heterocycles. The minimum absolute atomic E-state index is 0.272. The molecule has 2 aromatic heterocycles. The van der Waals surface area contributed by atoms with E-state index in [4.69, 9.17) is 13.5 Å². The van der Waals surface area contributed by atoms with Crippen LogP contribution in [0.1, 0.15) is 60.3 Å². The molecule has 0 atom stereocenters. The molecule has 0 saturated carbocycles. The van der Waals surface area contributed by atoms with Crippen LogP contribution in [-0.4, -0.2) is 9.55 Å². The lowest BCUT2D eigenvalue weighted by molar-refractivity contribution is 0.670. The van der Waals surface area contributed by atoms with E-state index in [9.17, 15) is 0 Å². The molecule has 0 N–H and O–H groups in total. The van der Waals surface area contributed by atoms with Crippen LogP contribution in [0.5, 0.6) is 0 Å². The van der Waals surface area contributed by atoms with Gasteiger partial charge in [0.2, 0.25) is 0 Å². The number of para-hydroxylation sites is 3. The highest BCUT2D eigenvalue weighted by Gasteiger charge is 2.25. The standard InChI is InChI=1S/C40H34N2O/c1-23(2)28-13-10-14-29(24(3)4)38(28)42-35-16-9-8-15-34(35)41-40(42)31-20-17-25(5)37-33-22-32-27(21-36(33)43-39(31)37)19-18-26-11-6-7-12-30(26)32/h6-24H,1-5H3/i5D3. The predicted octanol–water partition coefficient (Wildman–Crippen LogP) is 11.5. The molecule has 3 nitrogen and oxygen atoms in total. The van der Waals surface area contributed by atoms with Crippen LogP contribution >= 0.6 is 0 Å². The van der Waals surface area contributed by atoms with Gasteiger partial charge in [0, 0.05) is 14.9 Å². The van der Waals surface area contributed by atoms with Gasteiger partial charge in [0.05, 0.1) is 22.3 Å². The number of aromatic nitrogens is 2. The van der Waals surface area contributed by atoms with Gasteiger partial charge in [0.15, 0.2) is 0 Å². The Morgan fingerprint density at radius 2 is 1.44 bits per heavy atom. The van der Waals surface area contributed by atoms with Crippen LogP contribution in [0.3, 0.4) is 0 Å². The molecule has 210 valence electrons. The molecule has 8 rings (SSSR count). The second kappa shape index (κ2) is 9.57. The summed E-state index contributed by atoms with van der Waals surface area (Å²) in [4.78, 5) is 5.23. The predicted molar refractivity (Wildman–Crippen MR) is 182 cm³/mol. The molecule has 0 aliphatic heterocycles. The molecule has 0 spiro atoms. The van der Waals surface area contributed by atoms with Crippen LogP contribution in [0.15, 0.2) is 108 Å². The third kappa shape index (κ3) is 3.84. The maximum atomic E-state index is 8.52. The third-order valence-electron chi connectivity index (χ3n) is 8.85. The molecule has 0 fully saturated rings. The summed E-state index contributed by atoms with van der Waals surface area (Å²) >= 11 is 0. The van der Waals surface area contributed by atoms with Crippen molar-refractivity contribution in [1.82, 2.24) is 9.55 Å². The molecule has 3 heteroatoms. The third-order valence-corrected chi connectivity index (χ3v) is 8.85. The van der Waals surface area contributed by atoms with Gasteiger partial charge in [0.1, 0.15) is 17.0 Å². The van der Waals surface area contributed by atoms with E-state index in [0.717, 1.165) is 55.0 Å². The minimum atomic E-state index is -2.34. The largest absolute Gasteiger partial charge is 0.455 e. The monoisotopic (exact) mass is 561 g/mol. The van der Waals surface area contributed by atoms with E-state index in [0.29, 0.717) is 16.6 Å². The molecular weight excluding hydrogens is 524 g/mol. The summed E-state index contributed by atoms with van der Waals surface area (Å²) in [6.45, 7) is 6.55. The van der Waals surface area contributed by atoms with Gasteiger partial charge in [-0.1, -0.05) is 100 Å². The van der Waals surface area contributed by atoms with Gasteiger partial charge in [-0.2, -0.15) is 0 Å². The number of fused-ring (bicyclic) bond motifs is 7. The summed E-state index contributed by atoms with van der Waals surface area (Å²) in [5.74, 6) is 1.27. The maximum Gasteiger partial charge on any atom is 0.149 e. The van der Waals surface area contributed by atoms with E-state index in [1.54, 1.807) is 6.07 Å². The average molecular weight is 562 g/mol. The van der Waals surface area contributed by atoms with Crippen molar-refractivity contribution in [2.75, 3.05) is 0 Å². The van der Waals surface area contributed by atoms with Gasteiger partial charge in [0.25, 0.3) is 0 Å². The number of furan rings is 1. The van der Waals surface area contributed by atoms with E-state index in [2.05, 4.69) is 86.9 Å². The summed E-state index contributed by atoms with van der Waals surface area (Å²) in [5.41, 5.74) is 7.67. The first-order valence-corrected chi connectivity index (χ1v) is 15.0. The Morgan fingerprint density at radius 3 is 2.23 bits per heavy atom. The summed E-state index contributed by atoms with van der Waals surface area (Å²) in [5, 5.41) is 5.77. The topological polar surface area (TPSA) is 31.0 Å². The minimum Gasteiger partial charge on any atom is -0.455 e. The molecule has 0 aliphatic rings. The fourth-order valence-corrected chi connectivity index (χ4v) is 6.76. The van der Waals surface area contributed by atoms with Crippen molar-refractivity contribution < 1.29 is 8.53 Å². The van der Waals surface area contributed by atoms with Crippen molar-refractivity contribution in [3.05, 3.63) is 120 Å². The van der Waals surface area contributed by atoms with E-state index in [1.807, 2.05) is 42.5 Å². The van der Waals surface area contributed by atoms with Crippen LogP contribution in [0.4, 0.5) is 0 Å². The van der Waals surface area contributed by atoms with Crippen molar-refractivity contribution in [3.8, 4) is 17.1 Å². The SMILES string of the molecule is [2H]C([2H])([2H])c1ccc(-c2nc3ccccc3n2-c2c(C(C)C)cccc2C(C)C)c2oc3cc4ccc5ccccc5c4cc3c12. The Labute approximate surface area is 255 Å². The zero-order valence-corrected chi connectivity index (χ0v) is 24.8. The molecule has 8 aromatic rings. The average Bonchev–Trinajstić information content (AvgIpc) is 3.60. The van der Waals surface area contributed by atoms with Gasteiger partial charge in [-0.25, -0.2) is 4.98 Å². The zero-order valence-electron chi connectivity index (χ0n) is 27.8. The van der Waals surface area contributed by atoms with E-state index < -0.39 is 6.85 Å². The number of rotatable bonds is 4. The van der Waals surface area contributed by atoms with E-state index in [1.165, 1.54) is 11.1 Å². The summed E-state index contributed by atoms with van der Waals surface area (Å²) in [7, 11) is 0. The first-order chi connectivity index (χ1) is 22.1.